The predicted molar refractivity (Wildman–Crippen MR) is 143 cm³/mol. The third-order valence-electron chi connectivity index (χ3n) is 4.59. The summed E-state index contributed by atoms with van der Waals surface area (Å²) in [5, 5.41) is 10.0. The van der Waals surface area contributed by atoms with Crippen LogP contribution in [0.15, 0.2) is 47.5 Å². The molecule has 0 saturated carbocycles. The van der Waals surface area contributed by atoms with Gasteiger partial charge in [-0.05, 0) is 55.7 Å². The summed E-state index contributed by atoms with van der Waals surface area (Å²) in [6.45, 7) is 8.14. The van der Waals surface area contributed by atoms with Crippen molar-refractivity contribution in [1.82, 2.24) is 10.6 Å². The van der Waals surface area contributed by atoms with E-state index in [9.17, 15) is 0 Å². The van der Waals surface area contributed by atoms with Crippen LogP contribution in [-0.4, -0.2) is 53.0 Å². The quantitative estimate of drug-likeness (QED) is 0.150. The fraction of sp³-hybridized carbons (Fsp3) is 0.458. The fourth-order valence-corrected chi connectivity index (χ4v) is 3.02. The highest BCUT2D eigenvalue weighted by Gasteiger charge is 2.06. The Morgan fingerprint density at radius 3 is 2.22 bits per heavy atom. The number of aliphatic imine (C=N–C) groups is 1. The summed E-state index contributed by atoms with van der Waals surface area (Å²) in [6.07, 6.45) is 0.856. The first kappa shape index (κ1) is 27.8. The van der Waals surface area contributed by atoms with E-state index < -0.39 is 0 Å². The third-order valence-corrected chi connectivity index (χ3v) is 4.59. The fourth-order valence-electron chi connectivity index (χ4n) is 3.02. The summed E-state index contributed by atoms with van der Waals surface area (Å²) >= 11 is 0. The monoisotopic (exact) mass is 556 g/mol. The van der Waals surface area contributed by atoms with Gasteiger partial charge in [-0.1, -0.05) is 18.2 Å². The molecule has 0 amide bonds. The van der Waals surface area contributed by atoms with Crippen molar-refractivity contribution in [3.05, 3.63) is 53.6 Å². The molecule has 8 heteroatoms. The van der Waals surface area contributed by atoms with Gasteiger partial charge in [-0.15, -0.1) is 24.0 Å². The van der Waals surface area contributed by atoms with Gasteiger partial charge in [0.15, 0.2) is 17.5 Å². The Bertz CT molecular complexity index is 800. The second-order valence-electron chi connectivity index (χ2n) is 6.87. The van der Waals surface area contributed by atoms with Crippen LogP contribution in [0.1, 0.15) is 25.0 Å². The van der Waals surface area contributed by atoms with Gasteiger partial charge >= 0.3 is 0 Å². The zero-order chi connectivity index (χ0) is 22.3. The van der Waals surface area contributed by atoms with Crippen molar-refractivity contribution in [3.63, 3.8) is 0 Å². The van der Waals surface area contributed by atoms with Gasteiger partial charge in [0.1, 0.15) is 0 Å². The van der Waals surface area contributed by atoms with Gasteiger partial charge in [-0.3, -0.25) is 4.99 Å². The van der Waals surface area contributed by atoms with Crippen molar-refractivity contribution in [3.8, 4) is 11.5 Å². The van der Waals surface area contributed by atoms with Crippen LogP contribution in [0.4, 0.5) is 5.69 Å². The Morgan fingerprint density at radius 1 is 0.875 bits per heavy atom. The SMILES string of the molecule is CCOc1ccc(CCNC(=NC)NCc2ccc(NCCOC)cc2)cc1OCC.I. The molecule has 0 aliphatic rings. The lowest BCUT2D eigenvalue weighted by Crippen LogP contribution is -2.37. The maximum atomic E-state index is 5.71. The highest BCUT2D eigenvalue weighted by atomic mass is 127. The van der Waals surface area contributed by atoms with Crippen LogP contribution in [0.5, 0.6) is 11.5 Å². The van der Waals surface area contributed by atoms with Crippen LogP contribution in [0.25, 0.3) is 0 Å². The van der Waals surface area contributed by atoms with E-state index in [1.807, 2.05) is 19.9 Å². The summed E-state index contributed by atoms with van der Waals surface area (Å²) in [7, 11) is 3.48. The van der Waals surface area contributed by atoms with Crippen LogP contribution in [0.3, 0.4) is 0 Å². The Balaban J connectivity index is 0.00000512. The molecule has 2 aromatic carbocycles. The molecule has 0 bridgehead atoms. The van der Waals surface area contributed by atoms with Gasteiger partial charge in [0, 0.05) is 39.5 Å². The zero-order valence-corrected chi connectivity index (χ0v) is 21.9. The molecular formula is C24H37IN4O3. The molecule has 7 nitrogen and oxygen atoms in total. The van der Waals surface area contributed by atoms with E-state index in [-0.39, 0.29) is 24.0 Å². The molecule has 0 unspecified atom stereocenters. The number of nitrogens with one attached hydrogen (secondary N) is 3. The predicted octanol–water partition coefficient (Wildman–Crippen LogP) is 4.07. The number of halogens is 1. The van der Waals surface area contributed by atoms with E-state index >= 15 is 0 Å². The van der Waals surface area contributed by atoms with Gasteiger partial charge < -0.3 is 30.2 Å². The number of rotatable bonds is 13. The molecule has 2 aromatic rings. The van der Waals surface area contributed by atoms with Crippen molar-refractivity contribution in [2.24, 2.45) is 4.99 Å². The Morgan fingerprint density at radius 2 is 1.56 bits per heavy atom. The van der Waals surface area contributed by atoms with Gasteiger partial charge in [0.2, 0.25) is 0 Å². The largest absolute Gasteiger partial charge is 0.490 e. The minimum atomic E-state index is 0. The number of hydrogen-bond acceptors (Lipinski definition) is 5. The lowest BCUT2D eigenvalue weighted by Gasteiger charge is -2.14. The Hall–Kier alpha value is -2.20. The first-order valence-corrected chi connectivity index (χ1v) is 10.8. The summed E-state index contributed by atoms with van der Waals surface area (Å²) in [6, 6.07) is 14.5. The minimum absolute atomic E-state index is 0. The standard InChI is InChI=1S/C24H36N4O3.HI/c1-5-30-22-12-9-19(17-23(22)31-6-2)13-14-27-24(25-3)28-18-20-7-10-21(11-8-20)26-15-16-29-4;/h7-12,17,26H,5-6,13-16,18H2,1-4H3,(H2,25,27,28);1H. The molecule has 0 saturated heterocycles. The zero-order valence-electron chi connectivity index (χ0n) is 19.6. The number of ether oxygens (including phenoxy) is 3. The maximum absolute atomic E-state index is 5.71. The molecule has 0 radical (unpaired) electrons. The highest BCUT2D eigenvalue weighted by Crippen LogP contribution is 2.28. The van der Waals surface area contributed by atoms with E-state index in [1.54, 1.807) is 14.2 Å². The first-order chi connectivity index (χ1) is 15.2. The summed E-state index contributed by atoms with van der Waals surface area (Å²) in [4.78, 5) is 4.31. The van der Waals surface area contributed by atoms with Crippen molar-refractivity contribution in [2.75, 3.05) is 52.4 Å². The molecule has 0 spiro atoms. The molecule has 0 heterocycles. The van der Waals surface area contributed by atoms with E-state index in [1.165, 1.54) is 11.1 Å². The van der Waals surface area contributed by atoms with Crippen LogP contribution in [0.2, 0.25) is 0 Å². The summed E-state index contributed by atoms with van der Waals surface area (Å²) < 4.78 is 16.4. The topological polar surface area (TPSA) is 76.1 Å². The number of benzene rings is 2. The first-order valence-electron chi connectivity index (χ1n) is 10.8. The molecule has 0 aliphatic carbocycles. The number of anilines is 1. The van der Waals surface area contributed by atoms with Gasteiger partial charge in [0.25, 0.3) is 0 Å². The molecule has 32 heavy (non-hydrogen) atoms. The van der Waals surface area contributed by atoms with Crippen LogP contribution >= 0.6 is 24.0 Å². The van der Waals surface area contributed by atoms with Crippen LogP contribution < -0.4 is 25.4 Å². The molecule has 2 rings (SSSR count). The number of methoxy groups -OCH3 is 1. The van der Waals surface area contributed by atoms with E-state index in [0.717, 1.165) is 42.7 Å². The molecule has 178 valence electrons. The smallest absolute Gasteiger partial charge is 0.191 e. The number of hydrogen-bond donors (Lipinski definition) is 3. The molecule has 0 aromatic heterocycles. The van der Waals surface area contributed by atoms with Crippen LogP contribution in [0, 0.1) is 0 Å². The lowest BCUT2D eigenvalue weighted by atomic mass is 10.1. The van der Waals surface area contributed by atoms with E-state index in [4.69, 9.17) is 14.2 Å². The Kier molecular flexibility index (Phi) is 14.3. The van der Waals surface area contributed by atoms with Gasteiger partial charge in [-0.25, -0.2) is 0 Å². The summed E-state index contributed by atoms with van der Waals surface area (Å²) in [5.74, 6) is 2.36. The highest BCUT2D eigenvalue weighted by molar-refractivity contribution is 14.0. The van der Waals surface area contributed by atoms with E-state index in [2.05, 4.69) is 57.3 Å². The number of nitrogens with zero attached hydrogens (tertiary/aromatic N) is 1. The molecule has 0 fully saturated rings. The van der Waals surface area contributed by atoms with Gasteiger partial charge in [-0.2, -0.15) is 0 Å². The number of guanidine groups is 1. The van der Waals surface area contributed by atoms with Crippen molar-refractivity contribution < 1.29 is 14.2 Å². The van der Waals surface area contributed by atoms with Crippen molar-refractivity contribution >= 4 is 35.6 Å². The van der Waals surface area contributed by atoms with E-state index in [0.29, 0.717) is 26.4 Å². The molecule has 3 N–H and O–H groups in total. The van der Waals surface area contributed by atoms with Crippen LogP contribution in [-0.2, 0) is 17.7 Å². The molecule has 0 atom stereocenters. The second-order valence-corrected chi connectivity index (χ2v) is 6.87. The average molecular weight is 556 g/mol. The second kappa shape index (κ2) is 16.4. The van der Waals surface area contributed by atoms with Crippen molar-refractivity contribution in [2.45, 2.75) is 26.8 Å². The minimum Gasteiger partial charge on any atom is -0.490 e. The van der Waals surface area contributed by atoms with Gasteiger partial charge in [0.05, 0.1) is 19.8 Å². The lowest BCUT2D eigenvalue weighted by molar-refractivity contribution is 0.211. The third kappa shape index (κ3) is 9.95. The average Bonchev–Trinajstić information content (AvgIpc) is 2.79. The normalized spacial score (nSPS) is 10.8. The molecule has 0 aliphatic heterocycles. The molecular weight excluding hydrogens is 519 g/mol. The maximum Gasteiger partial charge on any atom is 0.191 e. The summed E-state index contributed by atoms with van der Waals surface area (Å²) in [5.41, 5.74) is 3.46. The Labute approximate surface area is 209 Å². The van der Waals surface area contributed by atoms with Crippen molar-refractivity contribution in [1.29, 1.82) is 0 Å².